The van der Waals surface area contributed by atoms with Gasteiger partial charge in [0.25, 0.3) is 0 Å². The van der Waals surface area contributed by atoms with E-state index in [0.29, 0.717) is 12.3 Å². The average Bonchev–Trinajstić information content (AvgIpc) is 3.45. The van der Waals surface area contributed by atoms with Crippen LogP contribution in [-0.2, 0) is 6.54 Å². The fraction of sp³-hybridized carbons (Fsp3) is 0.486. The molecule has 236 valence electrons. The molecule has 2 aliphatic heterocycles. The molecule has 7 nitrogen and oxygen atoms in total. The molecular formula is C37H45FN6O. The summed E-state index contributed by atoms with van der Waals surface area (Å²) < 4.78 is 16.5. The van der Waals surface area contributed by atoms with Crippen molar-refractivity contribution in [2.75, 3.05) is 50.7 Å². The van der Waals surface area contributed by atoms with Crippen molar-refractivity contribution in [2.45, 2.75) is 64.5 Å². The fourth-order valence-corrected chi connectivity index (χ4v) is 7.72. The minimum atomic E-state index is -0.434. The van der Waals surface area contributed by atoms with Gasteiger partial charge in [-0.1, -0.05) is 43.5 Å². The number of anilines is 1. The summed E-state index contributed by atoms with van der Waals surface area (Å²) in [5, 5.41) is 1.16. The second-order valence-electron chi connectivity index (χ2n) is 13.4. The van der Waals surface area contributed by atoms with Crippen molar-refractivity contribution >= 4 is 23.0 Å². The van der Waals surface area contributed by atoms with Gasteiger partial charge in [-0.05, 0) is 80.9 Å². The van der Waals surface area contributed by atoms with Crippen LogP contribution in [0.15, 0.2) is 54.9 Å². The maximum Gasteiger partial charge on any atom is 0.152 e. The maximum atomic E-state index is 14.1. The Bertz CT molecular complexity index is 1610. The number of likely N-dealkylation sites (tertiary alicyclic amines) is 1. The van der Waals surface area contributed by atoms with Crippen molar-refractivity contribution in [3.8, 4) is 11.1 Å². The summed E-state index contributed by atoms with van der Waals surface area (Å²) in [4.78, 5) is 27.8. The third-order valence-electron chi connectivity index (χ3n) is 10.4. The molecule has 0 spiro atoms. The second-order valence-corrected chi connectivity index (χ2v) is 13.4. The number of aromatic nitrogens is 3. The molecule has 4 aromatic rings. The summed E-state index contributed by atoms with van der Waals surface area (Å²) in [5.41, 5.74) is 5.93. The van der Waals surface area contributed by atoms with Gasteiger partial charge in [-0.2, -0.15) is 0 Å². The molecule has 1 aliphatic carbocycles. The zero-order chi connectivity index (χ0) is 30.8. The number of hydrogen-bond acceptors (Lipinski definition) is 6. The van der Waals surface area contributed by atoms with Gasteiger partial charge >= 0.3 is 0 Å². The van der Waals surface area contributed by atoms with Crippen LogP contribution >= 0.6 is 0 Å². The summed E-state index contributed by atoms with van der Waals surface area (Å²) in [7, 11) is 0. The zero-order valence-corrected chi connectivity index (χ0v) is 26.5. The molecule has 0 N–H and O–H groups in total. The van der Waals surface area contributed by atoms with Gasteiger partial charge in [0.15, 0.2) is 6.29 Å². The van der Waals surface area contributed by atoms with E-state index in [2.05, 4.69) is 54.7 Å². The molecule has 0 unspecified atom stereocenters. The van der Waals surface area contributed by atoms with Gasteiger partial charge in [0, 0.05) is 74.3 Å². The first-order valence-corrected chi connectivity index (χ1v) is 16.9. The number of piperazine rings is 1. The van der Waals surface area contributed by atoms with Gasteiger partial charge in [0.1, 0.15) is 17.3 Å². The first kappa shape index (κ1) is 30.1. The number of nitrogens with zero attached hydrogens (tertiary/aromatic N) is 6. The van der Waals surface area contributed by atoms with Crippen molar-refractivity contribution in [3.63, 3.8) is 0 Å². The summed E-state index contributed by atoms with van der Waals surface area (Å²) in [6.45, 7) is 10.2. The third kappa shape index (κ3) is 6.68. The number of halogens is 1. The molecule has 8 heteroatoms. The Labute approximate surface area is 266 Å². The van der Waals surface area contributed by atoms with E-state index in [9.17, 15) is 9.18 Å². The quantitative estimate of drug-likeness (QED) is 0.203. The van der Waals surface area contributed by atoms with E-state index in [1.807, 2.05) is 19.2 Å². The molecule has 3 aliphatic rings. The van der Waals surface area contributed by atoms with E-state index >= 15 is 0 Å². The standard InChI is InChI=1S/C37H45FN6O/c1-27-39-22-34-35(25-44(37(34)40-27)32-5-3-2-4-6-32)30-9-7-28(8-10-30)23-41-15-13-29(14-16-41)24-42-17-19-43(20-18-42)33-12-11-31(26-45)36(38)21-33/h7-12,21-22,25-26,29,32H,2-6,13-20,23-24H2,1H3. The van der Waals surface area contributed by atoms with E-state index in [1.54, 1.807) is 6.07 Å². The van der Waals surface area contributed by atoms with E-state index in [1.165, 1.54) is 67.7 Å². The Kier molecular flexibility index (Phi) is 8.94. The number of benzene rings is 2. The van der Waals surface area contributed by atoms with Crippen LogP contribution in [0.5, 0.6) is 0 Å². The highest BCUT2D eigenvalue weighted by Gasteiger charge is 2.25. The molecule has 2 aromatic heterocycles. The normalized spacial score (nSPS) is 19.4. The van der Waals surface area contributed by atoms with E-state index < -0.39 is 5.82 Å². The molecule has 45 heavy (non-hydrogen) atoms. The van der Waals surface area contributed by atoms with Crippen LogP contribution in [0.1, 0.15) is 72.7 Å². The lowest BCUT2D eigenvalue weighted by atomic mass is 9.95. The number of aryl methyl sites for hydroxylation is 1. The molecule has 0 radical (unpaired) electrons. The fourth-order valence-electron chi connectivity index (χ4n) is 7.72. The van der Waals surface area contributed by atoms with Gasteiger partial charge in [0.2, 0.25) is 0 Å². The molecule has 2 saturated heterocycles. The summed E-state index contributed by atoms with van der Waals surface area (Å²) in [5.74, 6) is 1.13. The van der Waals surface area contributed by atoms with Crippen LogP contribution in [0, 0.1) is 18.7 Å². The molecule has 2 aromatic carbocycles. The highest BCUT2D eigenvalue weighted by atomic mass is 19.1. The SMILES string of the molecule is Cc1ncc2c(-c3ccc(CN4CCC(CN5CCN(c6ccc(C=O)c(F)c6)CC5)CC4)cc3)cn(C3CCCCC3)c2n1. The number of aldehydes is 1. The topological polar surface area (TPSA) is 57.5 Å². The average molecular weight is 609 g/mol. The van der Waals surface area contributed by atoms with Gasteiger partial charge in [-0.15, -0.1) is 0 Å². The first-order valence-electron chi connectivity index (χ1n) is 16.9. The van der Waals surface area contributed by atoms with Crippen molar-refractivity contribution in [2.24, 2.45) is 5.92 Å². The molecule has 4 heterocycles. The van der Waals surface area contributed by atoms with Crippen molar-refractivity contribution in [1.82, 2.24) is 24.3 Å². The molecule has 0 atom stereocenters. The number of rotatable bonds is 8. The Morgan fingerprint density at radius 3 is 2.36 bits per heavy atom. The highest BCUT2D eigenvalue weighted by molar-refractivity contribution is 5.93. The van der Waals surface area contributed by atoms with Crippen LogP contribution in [0.3, 0.4) is 0 Å². The van der Waals surface area contributed by atoms with Crippen molar-refractivity contribution in [1.29, 1.82) is 0 Å². The number of piperidine rings is 1. The second kappa shape index (κ2) is 13.4. The minimum absolute atomic E-state index is 0.125. The Balaban J connectivity index is 0.912. The third-order valence-corrected chi connectivity index (χ3v) is 10.4. The zero-order valence-electron chi connectivity index (χ0n) is 26.5. The lowest BCUT2D eigenvalue weighted by molar-refractivity contribution is 0.112. The first-order chi connectivity index (χ1) is 22.0. The Hall–Kier alpha value is -3.62. The highest BCUT2D eigenvalue weighted by Crippen LogP contribution is 2.36. The van der Waals surface area contributed by atoms with Gasteiger partial charge in [0.05, 0.1) is 5.56 Å². The number of fused-ring (bicyclic) bond motifs is 1. The number of carbonyl (C=O) groups excluding carboxylic acids is 1. The monoisotopic (exact) mass is 608 g/mol. The number of hydrogen-bond donors (Lipinski definition) is 0. The molecule has 0 amide bonds. The van der Waals surface area contributed by atoms with Crippen LogP contribution < -0.4 is 4.90 Å². The molecule has 0 bridgehead atoms. The van der Waals surface area contributed by atoms with Crippen LogP contribution in [0.4, 0.5) is 10.1 Å². The largest absolute Gasteiger partial charge is 0.369 e. The molecular weight excluding hydrogens is 563 g/mol. The molecule has 7 rings (SSSR count). The minimum Gasteiger partial charge on any atom is -0.369 e. The van der Waals surface area contributed by atoms with Gasteiger partial charge < -0.3 is 9.47 Å². The predicted octanol–water partition coefficient (Wildman–Crippen LogP) is 6.90. The van der Waals surface area contributed by atoms with Gasteiger partial charge in [-0.3, -0.25) is 14.6 Å². The van der Waals surface area contributed by atoms with E-state index in [-0.39, 0.29) is 5.56 Å². The predicted molar refractivity (Wildman–Crippen MR) is 178 cm³/mol. The van der Waals surface area contributed by atoms with E-state index in [4.69, 9.17) is 4.98 Å². The Morgan fingerprint density at radius 2 is 1.64 bits per heavy atom. The Morgan fingerprint density at radius 1 is 0.889 bits per heavy atom. The lowest BCUT2D eigenvalue weighted by Crippen LogP contribution is -2.48. The van der Waals surface area contributed by atoms with Crippen molar-refractivity contribution < 1.29 is 9.18 Å². The van der Waals surface area contributed by atoms with Crippen LogP contribution in [0.2, 0.25) is 0 Å². The maximum absolute atomic E-state index is 14.1. The van der Waals surface area contributed by atoms with Gasteiger partial charge in [-0.25, -0.2) is 14.4 Å². The van der Waals surface area contributed by atoms with E-state index in [0.717, 1.165) is 80.8 Å². The summed E-state index contributed by atoms with van der Waals surface area (Å²) in [6, 6.07) is 14.7. The summed E-state index contributed by atoms with van der Waals surface area (Å²) >= 11 is 0. The summed E-state index contributed by atoms with van der Waals surface area (Å²) in [6.07, 6.45) is 13.8. The molecule has 3 fully saturated rings. The van der Waals surface area contributed by atoms with Crippen molar-refractivity contribution in [3.05, 3.63) is 77.6 Å². The van der Waals surface area contributed by atoms with Crippen LogP contribution in [0.25, 0.3) is 22.2 Å². The lowest BCUT2D eigenvalue weighted by Gasteiger charge is -2.39. The smallest absolute Gasteiger partial charge is 0.152 e. The van der Waals surface area contributed by atoms with Crippen LogP contribution in [-0.4, -0.2) is 76.4 Å². The number of carbonyl (C=O) groups is 1. The molecule has 1 saturated carbocycles.